The maximum atomic E-state index is 11.7. The molecule has 6 heteroatoms. The molecule has 0 saturated carbocycles. The number of rotatable bonds is 7. The summed E-state index contributed by atoms with van der Waals surface area (Å²) in [5, 5.41) is 6.59. The van der Waals surface area contributed by atoms with Crippen molar-refractivity contribution in [1.29, 1.82) is 0 Å². The first kappa shape index (κ1) is 16.4. The van der Waals surface area contributed by atoms with Gasteiger partial charge in [-0.15, -0.1) is 0 Å². The minimum atomic E-state index is -0.306. The molecule has 0 spiro atoms. The Bertz CT molecular complexity index is 657. The fourth-order valence-electron chi connectivity index (χ4n) is 1.80. The van der Waals surface area contributed by atoms with Crippen LogP contribution in [0.1, 0.15) is 24.0 Å². The van der Waals surface area contributed by atoms with Crippen molar-refractivity contribution < 1.29 is 9.59 Å². The van der Waals surface area contributed by atoms with E-state index in [-0.39, 0.29) is 24.7 Å². The van der Waals surface area contributed by atoms with Gasteiger partial charge in [0.1, 0.15) is 0 Å². The van der Waals surface area contributed by atoms with Gasteiger partial charge in [-0.25, -0.2) is 5.43 Å². The Morgan fingerprint density at radius 3 is 2.57 bits per heavy atom. The summed E-state index contributed by atoms with van der Waals surface area (Å²) in [5.74, 6) is -0.472. The number of benzene rings is 1. The molecule has 0 saturated heterocycles. The van der Waals surface area contributed by atoms with E-state index in [9.17, 15) is 9.59 Å². The van der Waals surface area contributed by atoms with Crippen molar-refractivity contribution in [3.8, 4) is 0 Å². The van der Waals surface area contributed by atoms with Crippen molar-refractivity contribution in [2.75, 3.05) is 0 Å². The topological polar surface area (TPSA) is 83.5 Å². The fraction of sp³-hybridized carbons (Fsp3) is 0.176. The molecule has 2 rings (SSSR count). The number of hydrogen-bond acceptors (Lipinski definition) is 4. The molecule has 0 atom stereocenters. The van der Waals surface area contributed by atoms with Gasteiger partial charge in [0.15, 0.2) is 0 Å². The van der Waals surface area contributed by atoms with Gasteiger partial charge in [-0.2, -0.15) is 5.10 Å². The second-order valence-corrected chi connectivity index (χ2v) is 4.84. The lowest BCUT2D eigenvalue weighted by atomic mass is 10.2. The number of hydrogen-bond donors (Lipinski definition) is 2. The van der Waals surface area contributed by atoms with Gasteiger partial charge in [0.25, 0.3) is 0 Å². The summed E-state index contributed by atoms with van der Waals surface area (Å²) in [5.41, 5.74) is 4.19. The third kappa shape index (κ3) is 6.52. The van der Waals surface area contributed by atoms with Gasteiger partial charge >= 0.3 is 0 Å². The maximum Gasteiger partial charge on any atom is 0.240 e. The number of pyridine rings is 1. The second-order valence-electron chi connectivity index (χ2n) is 4.84. The van der Waals surface area contributed by atoms with Crippen LogP contribution in [-0.2, 0) is 16.1 Å². The van der Waals surface area contributed by atoms with E-state index in [1.807, 2.05) is 36.4 Å². The van der Waals surface area contributed by atoms with Crippen LogP contribution in [0.3, 0.4) is 0 Å². The Morgan fingerprint density at radius 1 is 1.04 bits per heavy atom. The summed E-state index contributed by atoms with van der Waals surface area (Å²) in [4.78, 5) is 27.2. The third-order valence-electron chi connectivity index (χ3n) is 3.00. The lowest BCUT2D eigenvalue weighted by Gasteiger charge is -2.04. The number of aromatic nitrogens is 1. The lowest BCUT2D eigenvalue weighted by Crippen LogP contribution is -2.25. The summed E-state index contributed by atoms with van der Waals surface area (Å²) < 4.78 is 0. The predicted molar refractivity (Wildman–Crippen MR) is 87.5 cm³/mol. The van der Waals surface area contributed by atoms with E-state index in [4.69, 9.17) is 0 Å². The van der Waals surface area contributed by atoms with E-state index in [0.717, 1.165) is 11.1 Å². The number of amides is 2. The van der Waals surface area contributed by atoms with Gasteiger partial charge in [-0.05, 0) is 11.6 Å². The van der Waals surface area contributed by atoms with Gasteiger partial charge in [0.05, 0.1) is 6.21 Å². The first-order valence-corrected chi connectivity index (χ1v) is 7.26. The first-order valence-electron chi connectivity index (χ1n) is 7.26. The molecule has 23 heavy (non-hydrogen) atoms. The van der Waals surface area contributed by atoms with Crippen molar-refractivity contribution in [3.05, 3.63) is 66.0 Å². The standard InChI is InChI=1S/C17H18N4O2/c22-16(19-12-14-5-2-1-3-6-14)8-9-17(23)21-20-13-15-7-4-10-18-11-15/h1-7,10-11,13H,8-9,12H2,(H,19,22)(H,21,23). The molecule has 1 aromatic heterocycles. The molecule has 0 fully saturated rings. The summed E-state index contributed by atoms with van der Waals surface area (Å²) in [6.45, 7) is 0.459. The van der Waals surface area contributed by atoms with Crippen molar-refractivity contribution in [1.82, 2.24) is 15.7 Å². The summed E-state index contributed by atoms with van der Waals surface area (Å²) in [6.07, 6.45) is 5.00. The van der Waals surface area contributed by atoms with Crippen LogP contribution in [-0.4, -0.2) is 23.0 Å². The zero-order valence-corrected chi connectivity index (χ0v) is 12.6. The van der Waals surface area contributed by atoms with E-state index < -0.39 is 0 Å². The average molecular weight is 310 g/mol. The molecule has 1 heterocycles. The van der Waals surface area contributed by atoms with Crippen LogP contribution in [0, 0.1) is 0 Å². The Balaban J connectivity index is 1.64. The quantitative estimate of drug-likeness (QED) is 0.602. The molecular formula is C17H18N4O2. The number of nitrogens with zero attached hydrogens (tertiary/aromatic N) is 2. The summed E-state index contributed by atoms with van der Waals surface area (Å²) in [6, 6.07) is 13.2. The fourth-order valence-corrected chi connectivity index (χ4v) is 1.80. The molecule has 0 aliphatic carbocycles. The molecule has 1 aromatic carbocycles. The maximum absolute atomic E-state index is 11.7. The van der Waals surface area contributed by atoms with Crippen molar-refractivity contribution in [3.63, 3.8) is 0 Å². The van der Waals surface area contributed by atoms with Crippen LogP contribution >= 0.6 is 0 Å². The second kappa shape index (κ2) is 9.09. The van der Waals surface area contributed by atoms with E-state index in [1.165, 1.54) is 6.21 Å². The molecule has 0 aliphatic rings. The van der Waals surface area contributed by atoms with Crippen molar-refractivity contribution in [2.24, 2.45) is 5.10 Å². The first-order chi connectivity index (χ1) is 11.2. The van der Waals surface area contributed by atoms with E-state index in [0.29, 0.717) is 6.54 Å². The van der Waals surface area contributed by atoms with Crippen LogP contribution in [0.25, 0.3) is 0 Å². The molecule has 118 valence electrons. The Kier molecular flexibility index (Phi) is 6.46. The highest BCUT2D eigenvalue weighted by atomic mass is 16.2. The summed E-state index contributed by atoms with van der Waals surface area (Å²) >= 11 is 0. The highest BCUT2D eigenvalue weighted by molar-refractivity contribution is 5.85. The van der Waals surface area contributed by atoms with Crippen LogP contribution in [0.4, 0.5) is 0 Å². The number of carbonyl (C=O) groups excluding carboxylic acids is 2. The highest BCUT2D eigenvalue weighted by Gasteiger charge is 2.05. The third-order valence-corrected chi connectivity index (χ3v) is 3.00. The van der Waals surface area contributed by atoms with Crippen molar-refractivity contribution >= 4 is 18.0 Å². The van der Waals surface area contributed by atoms with Gasteiger partial charge in [-0.3, -0.25) is 14.6 Å². The van der Waals surface area contributed by atoms with Gasteiger partial charge in [0, 0.05) is 37.3 Å². The molecule has 0 aliphatic heterocycles. The number of hydrazone groups is 1. The van der Waals surface area contributed by atoms with Crippen LogP contribution in [0.15, 0.2) is 60.0 Å². The Hall–Kier alpha value is -3.02. The molecule has 0 bridgehead atoms. The molecule has 2 amide bonds. The average Bonchev–Trinajstić information content (AvgIpc) is 2.60. The monoisotopic (exact) mass is 310 g/mol. The zero-order chi connectivity index (χ0) is 16.3. The smallest absolute Gasteiger partial charge is 0.240 e. The van der Waals surface area contributed by atoms with E-state index in [1.54, 1.807) is 18.5 Å². The molecular weight excluding hydrogens is 292 g/mol. The molecule has 2 aromatic rings. The molecule has 6 nitrogen and oxygen atoms in total. The number of nitrogens with one attached hydrogen (secondary N) is 2. The van der Waals surface area contributed by atoms with E-state index >= 15 is 0 Å². The minimum absolute atomic E-state index is 0.0883. The molecule has 0 radical (unpaired) electrons. The lowest BCUT2D eigenvalue weighted by molar-refractivity contribution is -0.126. The Morgan fingerprint density at radius 2 is 1.83 bits per heavy atom. The largest absolute Gasteiger partial charge is 0.352 e. The zero-order valence-electron chi connectivity index (χ0n) is 12.6. The van der Waals surface area contributed by atoms with Crippen LogP contribution in [0.2, 0.25) is 0 Å². The SMILES string of the molecule is O=C(CCC(=O)NN=Cc1cccnc1)NCc1ccccc1. The van der Waals surface area contributed by atoms with Gasteiger partial charge in [-0.1, -0.05) is 36.4 Å². The summed E-state index contributed by atoms with van der Waals surface area (Å²) in [7, 11) is 0. The minimum Gasteiger partial charge on any atom is -0.352 e. The van der Waals surface area contributed by atoms with E-state index in [2.05, 4.69) is 20.8 Å². The van der Waals surface area contributed by atoms with Crippen LogP contribution < -0.4 is 10.7 Å². The van der Waals surface area contributed by atoms with Crippen molar-refractivity contribution in [2.45, 2.75) is 19.4 Å². The predicted octanol–water partition coefficient (Wildman–Crippen LogP) is 1.63. The normalized spacial score (nSPS) is 10.4. The van der Waals surface area contributed by atoms with Crippen LogP contribution in [0.5, 0.6) is 0 Å². The molecule has 0 unspecified atom stereocenters. The van der Waals surface area contributed by atoms with Gasteiger partial charge in [0.2, 0.25) is 11.8 Å². The molecule has 2 N–H and O–H groups in total. The Labute approximate surface area is 134 Å². The van der Waals surface area contributed by atoms with Gasteiger partial charge < -0.3 is 5.32 Å². The number of carbonyl (C=O) groups is 2. The highest BCUT2D eigenvalue weighted by Crippen LogP contribution is 1.98.